The van der Waals surface area contributed by atoms with Gasteiger partial charge in [0.25, 0.3) is 5.91 Å². The third kappa shape index (κ3) is 2.88. The first-order valence-electron chi connectivity index (χ1n) is 10.7. The predicted molar refractivity (Wildman–Crippen MR) is 116 cm³/mol. The van der Waals surface area contributed by atoms with Crippen LogP contribution in [-0.4, -0.2) is 60.9 Å². The van der Waals surface area contributed by atoms with Gasteiger partial charge in [-0.1, -0.05) is 12.1 Å². The quantitative estimate of drug-likeness (QED) is 0.791. The summed E-state index contributed by atoms with van der Waals surface area (Å²) in [6.07, 6.45) is 0.600. The minimum absolute atomic E-state index is 0.160. The van der Waals surface area contributed by atoms with Crippen LogP contribution in [0.4, 0.5) is 11.4 Å². The Hall–Kier alpha value is -2.93. The van der Waals surface area contributed by atoms with Crippen molar-refractivity contribution in [3.05, 3.63) is 35.9 Å². The predicted octanol–water partition coefficient (Wildman–Crippen LogP) is 2.14. The van der Waals surface area contributed by atoms with Gasteiger partial charge in [-0.2, -0.15) is 0 Å². The normalized spacial score (nSPS) is 22.4. The van der Waals surface area contributed by atoms with E-state index in [0.717, 1.165) is 48.3 Å². The number of piperazine rings is 1. The monoisotopic (exact) mass is 406 g/mol. The lowest BCUT2D eigenvalue weighted by atomic mass is 10.0. The molecule has 1 N–H and O–H groups in total. The molecule has 2 aromatic carbocycles. The van der Waals surface area contributed by atoms with Crippen molar-refractivity contribution in [3.8, 4) is 0 Å². The Bertz CT molecular complexity index is 1060. The molecule has 0 saturated carbocycles. The number of amides is 3. The van der Waals surface area contributed by atoms with Gasteiger partial charge in [-0.25, -0.2) is 0 Å². The topological polar surface area (TPSA) is 73.0 Å². The van der Waals surface area contributed by atoms with E-state index in [0.29, 0.717) is 18.0 Å². The number of nitrogens with one attached hydrogen (secondary N) is 1. The molecule has 2 saturated heterocycles. The number of anilines is 2. The Morgan fingerprint density at radius 2 is 1.73 bits per heavy atom. The van der Waals surface area contributed by atoms with E-state index in [1.54, 1.807) is 4.90 Å². The van der Waals surface area contributed by atoms with Crippen LogP contribution < -0.4 is 15.1 Å². The summed E-state index contributed by atoms with van der Waals surface area (Å²) in [5, 5.41) is 4.34. The Morgan fingerprint density at radius 1 is 0.967 bits per heavy atom. The zero-order chi connectivity index (χ0) is 21.0. The highest BCUT2D eigenvalue weighted by molar-refractivity contribution is 6.28. The molecule has 0 radical (unpaired) electrons. The van der Waals surface area contributed by atoms with E-state index in [9.17, 15) is 14.4 Å². The lowest BCUT2D eigenvalue weighted by Gasteiger charge is -2.38. The maximum Gasteiger partial charge on any atom is 0.259 e. The molecule has 3 heterocycles. The standard InChI is InChI=1S/C23H26N4O3/c1-14(2)25-10-12-26(13-11-25)17-7-6-16-21-15(17)4-3-5-18(21)27(23(16)30)19-8-9-20(28)24-22(19)29/h3-7,14,19H,8-13H2,1-2H3,(H,24,28,29). The van der Waals surface area contributed by atoms with Gasteiger partial charge in [0.2, 0.25) is 11.8 Å². The van der Waals surface area contributed by atoms with Crippen LogP contribution in [0.25, 0.3) is 10.8 Å². The molecule has 30 heavy (non-hydrogen) atoms. The van der Waals surface area contributed by atoms with Crippen molar-refractivity contribution < 1.29 is 14.4 Å². The number of hydrogen-bond donors (Lipinski definition) is 1. The fourth-order valence-electron chi connectivity index (χ4n) is 4.98. The zero-order valence-electron chi connectivity index (χ0n) is 17.4. The van der Waals surface area contributed by atoms with Crippen molar-refractivity contribution in [1.29, 1.82) is 0 Å². The van der Waals surface area contributed by atoms with Gasteiger partial charge in [0, 0.05) is 55.1 Å². The SMILES string of the molecule is CC(C)N1CCN(c2ccc3c4c(cccc24)N(C2CCC(=O)NC2=O)C3=O)CC1. The first-order valence-corrected chi connectivity index (χ1v) is 10.7. The molecule has 3 amide bonds. The van der Waals surface area contributed by atoms with Gasteiger partial charge >= 0.3 is 0 Å². The number of benzene rings is 2. The molecule has 0 spiro atoms. The minimum atomic E-state index is -0.647. The lowest BCUT2D eigenvalue weighted by Crippen LogP contribution is -2.53. The Labute approximate surface area is 175 Å². The first kappa shape index (κ1) is 19.1. The molecule has 7 heteroatoms. The second-order valence-corrected chi connectivity index (χ2v) is 8.59. The number of carbonyl (C=O) groups is 3. The third-order valence-corrected chi connectivity index (χ3v) is 6.61. The lowest BCUT2D eigenvalue weighted by molar-refractivity contribution is -0.134. The van der Waals surface area contributed by atoms with Crippen LogP contribution >= 0.6 is 0 Å². The van der Waals surface area contributed by atoms with Crippen molar-refractivity contribution in [3.63, 3.8) is 0 Å². The van der Waals surface area contributed by atoms with Crippen LogP contribution in [0.2, 0.25) is 0 Å². The number of nitrogens with zero attached hydrogens (tertiary/aromatic N) is 3. The van der Waals surface area contributed by atoms with E-state index in [1.165, 1.54) is 0 Å². The van der Waals surface area contributed by atoms with E-state index in [4.69, 9.17) is 0 Å². The summed E-state index contributed by atoms with van der Waals surface area (Å²) in [5.74, 6) is -0.831. The first-order chi connectivity index (χ1) is 14.5. The number of imide groups is 1. The Balaban J connectivity index is 1.53. The summed E-state index contributed by atoms with van der Waals surface area (Å²) in [6, 6.07) is 9.75. The van der Waals surface area contributed by atoms with Gasteiger partial charge in [-0.15, -0.1) is 0 Å². The van der Waals surface area contributed by atoms with Crippen LogP contribution in [0.3, 0.4) is 0 Å². The van der Waals surface area contributed by atoms with Gasteiger partial charge in [0.05, 0.1) is 11.3 Å². The van der Waals surface area contributed by atoms with Crippen LogP contribution in [0, 0.1) is 0 Å². The number of rotatable bonds is 3. The third-order valence-electron chi connectivity index (χ3n) is 6.61. The molecule has 156 valence electrons. The molecule has 1 unspecified atom stereocenters. The van der Waals surface area contributed by atoms with Crippen LogP contribution in [0.1, 0.15) is 37.0 Å². The summed E-state index contributed by atoms with van der Waals surface area (Å²) in [5.41, 5.74) is 2.54. The van der Waals surface area contributed by atoms with Gasteiger partial charge in [0.15, 0.2) is 0 Å². The Kier molecular flexibility index (Phi) is 4.50. The highest BCUT2D eigenvalue weighted by Gasteiger charge is 2.41. The fourth-order valence-corrected chi connectivity index (χ4v) is 4.98. The van der Waals surface area contributed by atoms with Crippen LogP contribution in [0.15, 0.2) is 30.3 Å². The molecule has 0 bridgehead atoms. The van der Waals surface area contributed by atoms with Gasteiger partial charge in [-0.3, -0.25) is 29.5 Å². The summed E-state index contributed by atoms with van der Waals surface area (Å²) in [4.78, 5) is 43.7. The molecule has 2 aromatic rings. The van der Waals surface area contributed by atoms with Crippen molar-refractivity contribution in [1.82, 2.24) is 10.2 Å². The van der Waals surface area contributed by atoms with Gasteiger partial charge in [-0.05, 0) is 38.5 Å². The largest absolute Gasteiger partial charge is 0.368 e. The van der Waals surface area contributed by atoms with Crippen molar-refractivity contribution in [2.45, 2.75) is 38.8 Å². The summed E-state index contributed by atoms with van der Waals surface area (Å²) in [7, 11) is 0. The van der Waals surface area contributed by atoms with Crippen molar-refractivity contribution in [2.75, 3.05) is 36.0 Å². The molecule has 0 aromatic heterocycles. The van der Waals surface area contributed by atoms with E-state index < -0.39 is 11.9 Å². The van der Waals surface area contributed by atoms with Crippen molar-refractivity contribution in [2.24, 2.45) is 0 Å². The summed E-state index contributed by atoms with van der Waals surface area (Å²) < 4.78 is 0. The summed E-state index contributed by atoms with van der Waals surface area (Å²) in [6.45, 7) is 8.38. The fraction of sp³-hybridized carbons (Fsp3) is 0.435. The van der Waals surface area contributed by atoms with E-state index in [2.05, 4.69) is 35.0 Å². The smallest absolute Gasteiger partial charge is 0.259 e. The maximum absolute atomic E-state index is 13.3. The van der Waals surface area contributed by atoms with Crippen LogP contribution in [0.5, 0.6) is 0 Å². The van der Waals surface area contributed by atoms with Gasteiger partial charge < -0.3 is 4.90 Å². The van der Waals surface area contributed by atoms with Crippen LogP contribution in [-0.2, 0) is 9.59 Å². The molecule has 3 aliphatic rings. The maximum atomic E-state index is 13.3. The number of carbonyl (C=O) groups excluding carboxylic acids is 3. The molecule has 1 atom stereocenters. The Morgan fingerprint density at radius 3 is 2.43 bits per heavy atom. The number of hydrogen-bond acceptors (Lipinski definition) is 5. The minimum Gasteiger partial charge on any atom is -0.368 e. The average Bonchev–Trinajstić information content (AvgIpc) is 3.02. The highest BCUT2D eigenvalue weighted by Crippen LogP contribution is 2.43. The second kappa shape index (κ2) is 7.09. The molecule has 0 aliphatic carbocycles. The molecular weight excluding hydrogens is 380 g/mol. The van der Waals surface area contributed by atoms with Gasteiger partial charge in [0.1, 0.15) is 6.04 Å². The summed E-state index contributed by atoms with van der Waals surface area (Å²) >= 11 is 0. The highest BCUT2D eigenvalue weighted by atomic mass is 16.2. The van der Waals surface area contributed by atoms with E-state index in [1.807, 2.05) is 24.3 Å². The van der Waals surface area contributed by atoms with E-state index in [-0.39, 0.29) is 18.2 Å². The molecular formula is C23H26N4O3. The second-order valence-electron chi connectivity index (χ2n) is 8.59. The molecule has 5 rings (SSSR count). The van der Waals surface area contributed by atoms with Crippen molar-refractivity contribution >= 4 is 39.9 Å². The molecule has 7 nitrogen and oxygen atoms in total. The van der Waals surface area contributed by atoms with E-state index >= 15 is 0 Å². The average molecular weight is 406 g/mol. The zero-order valence-corrected chi connectivity index (χ0v) is 17.4. The number of piperidine rings is 1. The molecule has 2 fully saturated rings. The molecule has 3 aliphatic heterocycles.